The molecule has 6 aromatic rings. The van der Waals surface area contributed by atoms with E-state index in [2.05, 4.69) is 14.9 Å². The number of primary amides is 1. The van der Waals surface area contributed by atoms with Crippen molar-refractivity contribution in [2.75, 3.05) is 0 Å². The van der Waals surface area contributed by atoms with Gasteiger partial charge in [0.1, 0.15) is 35.8 Å². The second-order valence-electron chi connectivity index (χ2n) is 12.4. The maximum atomic E-state index is 15.8. The number of carbonyl (C=O) groups excluding carboxylic acids is 2. The second-order valence-corrected chi connectivity index (χ2v) is 12.4. The van der Waals surface area contributed by atoms with Gasteiger partial charge in [0.15, 0.2) is 0 Å². The summed E-state index contributed by atoms with van der Waals surface area (Å²) in [6, 6.07) is 23.8. The highest BCUT2D eigenvalue weighted by Crippen LogP contribution is 2.37. The number of rotatable bonds is 10. The van der Waals surface area contributed by atoms with E-state index < -0.39 is 23.7 Å². The first-order valence-corrected chi connectivity index (χ1v) is 16.2. The number of aromatic nitrogens is 3. The van der Waals surface area contributed by atoms with Crippen LogP contribution in [0.2, 0.25) is 0 Å². The van der Waals surface area contributed by atoms with Gasteiger partial charge < -0.3 is 30.4 Å². The summed E-state index contributed by atoms with van der Waals surface area (Å²) in [5.74, 6) is -0.596. The minimum absolute atomic E-state index is 0.0931. The van der Waals surface area contributed by atoms with E-state index in [9.17, 15) is 14.7 Å². The van der Waals surface area contributed by atoms with E-state index in [0.717, 1.165) is 59.7 Å². The summed E-state index contributed by atoms with van der Waals surface area (Å²) in [5.41, 5.74) is 10.2. The predicted octanol–water partition coefficient (Wildman–Crippen LogP) is 6.94. The molecule has 0 radical (unpaired) electrons. The number of carbonyl (C=O) groups is 2. The fourth-order valence-electron chi connectivity index (χ4n) is 6.67. The van der Waals surface area contributed by atoms with Crippen molar-refractivity contribution in [2.45, 2.75) is 57.2 Å². The van der Waals surface area contributed by atoms with Crippen LogP contribution in [0.15, 0.2) is 91.1 Å². The molecule has 2 amide bonds. The van der Waals surface area contributed by atoms with Crippen LogP contribution < -0.4 is 15.8 Å². The van der Waals surface area contributed by atoms with Crippen molar-refractivity contribution < 1.29 is 23.8 Å². The van der Waals surface area contributed by atoms with E-state index >= 15 is 4.39 Å². The molecule has 2 heterocycles. The predicted molar refractivity (Wildman–Crippen MR) is 182 cm³/mol. The van der Waals surface area contributed by atoms with Crippen molar-refractivity contribution in [2.24, 2.45) is 5.73 Å². The summed E-state index contributed by atoms with van der Waals surface area (Å²) < 4.78 is 23.8. The lowest BCUT2D eigenvalue weighted by atomic mass is 9.94. The summed E-state index contributed by atoms with van der Waals surface area (Å²) in [4.78, 5) is 33.9. The number of fused-ring (bicyclic) bond motifs is 2. The Balaban J connectivity index is 1.17. The first-order valence-electron chi connectivity index (χ1n) is 16.2. The van der Waals surface area contributed by atoms with Gasteiger partial charge >= 0.3 is 0 Å². The van der Waals surface area contributed by atoms with Crippen LogP contribution in [0.3, 0.4) is 0 Å². The van der Waals surface area contributed by atoms with Crippen LogP contribution in [0.5, 0.6) is 11.5 Å². The molecule has 0 spiro atoms. The molecular formula is C38H36FN5O4. The highest BCUT2D eigenvalue weighted by atomic mass is 19.1. The molecule has 4 aromatic carbocycles. The van der Waals surface area contributed by atoms with Crippen molar-refractivity contribution in [1.29, 1.82) is 0 Å². The number of benzene rings is 4. The number of hydrogen-bond donors (Lipinski definition) is 4. The number of phenolic OH excluding ortho intramolecular Hbond substituents is 1. The van der Waals surface area contributed by atoms with Gasteiger partial charge in [-0.25, -0.2) is 9.37 Å². The van der Waals surface area contributed by atoms with Crippen molar-refractivity contribution in [3.8, 4) is 22.9 Å². The molecule has 9 nitrogen and oxygen atoms in total. The molecule has 7 rings (SSSR count). The van der Waals surface area contributed by atoms with Crippen LogP contribution >= 0.6 is 0 Å². The normalized spacial score (nSPS) is 14.3. The molecule has 10 heteroatoms. The standard InChI is InChI=1S/C38H36FN5O4/c39-31-20-28(48-22-23-7-3-1-4-8-23)13-14-29(31)37-42-33-17-24(11-16-35(33)44(37)26-9-5-2-6-10-26)38(47)43-34(36(40)46)18-25-21-41-32-15-12-27(45)19-30(25)32/h1,3-4,7-8,11-17,19-21,26,34,41,45H,2,5-6,9-10,18,22H2,(H2,40,46)(H,43,47). The Hall–Kier alpha value is -5.64. The van der Waals surface area contributed by atoms with Gasteiger partial charge in [0.05, 0.1) is 16.6 Å². The minimum Gasteiger partial charge on any atom is -0.508 e. The number of aromatic hydroxyl groups is 1. The molecule has 1 saturated carbocycles. The van der Waals surface area contributed by atoms with Crippen molar-refractivity contribution in [1.82, 2.24) is 19.9 Å². The number of aromatic amines is 1. The third-order valence-electron chi connectivity index (χ3n) is 9.15. The minimum atomic E-state index is -0.998. The lowest BCUT2D eigenvalue weighted by molar-refractivity contribution is -0.119. The topological polar surface area (TPSA) is 135 Å². The van der Waals surface area contributed by atoms with Crippen LogP contribution in [0.4, 0.5) is 4.39 Å². The number of imidazole rings is 1. The summed E-state index contributed by atoms with van der Waals surface area (Å²) in [6.45, 7) is 0.326. The van der Waals surface area contributed by atoms with Gasteiger partial charge in [-0.1, -0.05) is 49.6 Å². The zero-order chi connectivity index (χ0) is 33.2. The highest BCUT2D eigenvalue weighted by Gasteiger charge is 2.26. The quantitative estimate of drug-likeness (QED) is 0.128. The monoisotopic (exact) mass is 645 g/mol. The highest BCUT2D eigenvalue weighted by molar-refractivity contribution is 6.00. The van der Waals surface area contributed by atoms with Gasteiger partial charge in [0.25, 0.3) is 5.91 Å². The van der Waals surface area contributed by atoms with E-state index in [1.807, 2.05) is 36.4 Å². The number of halogens is 1. The Morgan fingerprint density at radius 3 is 2.60 bits per heavy atom. The number of nitrogens with one attached hydrogen (secondary N) is 2. The van der Waals surface area contributed by atoms with Crippen LogP contribution in [0, 0.1) is 5.82 Å². The molecule has 1 unspecified atom stereocenters. The SMILES string of the molecule is NC(=O)C(Cc1c[nH]c2ccc(O)cc12)NC(=O)c1ccc2c(c1)nc(-c1ccc(OCc3ccccc3)cc1F)n2C1CCCCC1. The molecule has 2 aromatic heterocycles. The van der Waals surface area contributed by atoms with Crippen LogP contribution in [0.1, 0.15) is 59.6 Å². The zero-order valence-corrected chi connectivity index (χ0v) is 26.3. The van der Waals surface area contributed by atoms with Crippen molar-refractivity contribution in [3.05, 3.63) is 114 Å². The molecule has 5 N–H and O–H groups in total. The largest absolute Gasteiger partial charge is 0.508 e. The van der Waals surface area contributed by atoms with E-state index in [1.54, 1.807) is 48.7 Å². The van der Waals surface area contributed by atoms with E-state index in [0.29, 0.717) is 34.8 Å². The van der Waals surface area contributed by atoms with Crippen LogP contribution in [0.25, 0.3) is 33.3 Å². The zero-order valence-electron chi connectivity index (χ0n) is 26.3. The Morgan fingerprint density at radius 1 is 1.02 bits per heavy atom. The number of H-pyrrole nitrogens is 1. The third-order valence-corrected chi connectivity index (χ3v) is 9.15. The number of nitrogens with two attached hydrogens (primary N) is 1. The summed E-state index contributed by atoms with van der Waals surface area (Å²) in [5, 5.41) is 13.5. The van der Waals surface area contributed by atoms with Gasteiger partial charge in [-0.3, -0.25) is 9.59 Å². The molecule has 0 saturated heterocycles. The number of hydrogen-bond acceptors (Lipinski definition) is 5. The lowest BCUT2D eigenvalue weighted by Crippen LogP contribution is -2.45. The van der Waals surface area contributed by atoms with E-state index in [4.69, 9.17) is 15.5 Å². The summed E-state index contributed by atoms with van der Waals surface area (Å²) in [6.07, 6.45) is 7.08. The van der Waals surface area contributed by atoms with Crippen LogP contribution in [-0.2, 0) is 17.8 Å². The average molecular weight is 646 g/mol. The molecule has 1 aliphatic carbocycles. The van der Waals surface area contributed by atoms with Crippen molar-refractivity contribution >= 4 is 33.8 Å². The summed E-state index contributed by atoms with van der Waals surface area (Å²) in [7, 11) is 0. The maximum Gasteiger partial charge on any atom is 0.252 e. The van der Waals surface area contributed by atoms with Crippen molar-refractivity contribution in [3.63, 3.8) is 0 Å². The number of nitrogens with zero attached hydrogens (tertiary/aromatic N) is 2. The Kier molecular flexibility index (Phi) is 8.54. The molecule has 1 fully saturated rings. The van der Waals surface area contributed by atoms with Gasteiger partial charge in [-0.05, 0) is 72.5 Å². The lowest BCUT2D eigenvalue weighted by Gasteiger charge is -2.26. The number of amides is 2. The van der Waals surface area contributed by atoms with Crippen LogP contribution in [-0.4, -0.2) is 37.5 Å². The first kappa shape index (κ1) is 31.0. The molecule has 48 heavy (non-hydrogen) atoms. The third kappa shape index (κ3) is 6.33. The number of ether oxygens (including phenoxy) is 1. The van der Waals surface area contributed by atoms with Gasteiger partial charge in [0, 0.05) is 41.2 Å². The molecular weight excluding hydrogens is 609 g/mol. The fourth-order valence-corrected chi connectivity index (χ4v) is 6.67. The van der Waals surface area contributed by atoms with Gasteiger partial charge in [-0.2, -0.15) is 0 Å². The van der Waals surface area contributed by atoms with Gasteiger partial charge in [-0.15, -0.1) is 0 Å². The molecule has 1 aliphatic rings. The smallest absolute Gasteiger partial charge is 0.252 e. The Morgan fingerprint density at radius 2 is 1.83 bits per heavy atom. The molecule has 244 valence electrons. The molecule has 1 atom stereocenters. The Labute approximate surface area is 276 Å². The Bertz CT molecular complexity index is 2120. The first-order chi connectivity index (χ1) is 23.3. The van der Waals surface area contributed by atoms with Gasteiger partial charge in [0.2, 0.25) is 5.91 Å². The van der Waals surface area contributed by atoms with E-state index in [-0.39, 0.29) is 18.2 Å². The maximum absolute atomic E-state index is 15.8. The van der Waals surface area contributed by atoms with E-state index in [1.165, 1.54) is 6.07 Å². The second kappa shape index (κ2) is 13.2. The molecule has 0 aliphatic heterocycles. The average Bonchev–Trinajstić information content (AvgIpc) is 3.68. The fraction of sp³-hybridized carbons (Fsp3) is 0.237. The molecule has 0 bridgehead atoms. The summed E-state index contributed by atoms with van der Waals surface area (Å²) >= 11 is 0. The number of phenols is 1.